The molecule has 6 nitrogen and oxygen atoms in total. The summed E-state index contributed by atoms with van der Waals surface area (Å²) >= 11 is 0. The molecule has 0 aliphatic carbocycles. The van der Waals surface area contributed by atoms with Crippen molar-refractivity contribution >= 4 is 11.7 Å². The number of carbonyl (C=O) groups is 1. The standard InChI is InChI=1S/C16H22N2O4/c1-20-6-4-5-13(19)8-12-7-11-9-17-16(22-3)15(11)14(18-12)10-21-2/h7H,4-6,8-10H2,1-3H3. The van der Waals surface area contributed by atoms with Crippen molar-refractivity contribution in [1.29, 1.82) is 0 Å². The van der Waals surface area contributed by atoms with E-state index in [2.05, 4.69) is 9.98 Å². The van der Waals surface area contributed by atoms with Crippen molar-refractivity contribution in [3.63, 3.8) is 0 Å². The molecule has 1 aromatic rings. The van der Waals surface area contributed by atoms with Gasteiger partial charge in [-0.1, -0.05) is 0 Å². The van der Waals surface area contributed by atoms with Crippen LogP contribution in [0.4, 0.5) is 0 Å². The summed E-state index contributed by atoms with van der Waals surface area (Å²) in [5.74, 6) is 0.756. The Hall–Kier alpha value is -1.79. The number of methoxy groups -OCH3 is 3. The van der Waals surface area contributed by atoms with Gasteiger partial charge in [-0.3, -0.25) is 9.78 Å². The highest BCUT2D eigenvalue weighted by atomic mass is 16.5. The van der Waals surface area contributed by atoms with Crippen molar-refractivity contribution in [2.75, 3.05) is 27.9 Å². The molecular formula is C16H22N2O4. The second-order valence-corrected chi connectivity index (χ2v) is 5.16. The fraction of sp³-hybridized carbons (Fsp3) is 0.562. The fourth-order valence-corrected chi connectivity index (χ4v) is 2.54. The SMILES string of the molecule is COCCCC(=O)Cc1cc2c(c(COC)n1)C(OC)=NC2. The van der Waals surface area contributed by atoms with Crippen LogP contribution in [0.1, 0.15) is 35.4 Å². The van der Waals surface area contributed by atoms with E-state index in [-0.39, 0.29) is 5.78 Å². The molecule has 1 aliphatic heterocycles. The molecule has 0 bridgehead atoms. The monoisotopic (exact) mass is 306 g/mol. The topological polar surface area (TPSA) is 70.0 Å². The van der Waals surface area contributed by atoms with Crippen LogP contribution in [0.5, 0.6) is 0 Å². The van der Waals surface area contributed by atoms with E-state index in [1.807, 2.05) is 6.07 Å². The van der Waals surface area contributed by atoms with Crippen molar-refractivity contribution in [3.8, 4) is 0 Å². The molecule has 0 N–H and O–H groups in total. The summed E-state index contributed by atoms with van der Waals surface area (Å²) in [7, 11) is 4.85. The zero-order valence-corrected chi connectivity index (χ0v) is 13.3. The van der Waals surface area contributed by atoms with Gasteiger partial charge in [-0.25, -0.2) is 4.99 Å². The minimum Gasteiger partial charge on any atom is -0.481 e. The maximum atomic E-state index is 12.0. The van der Waals surface area contributed by atoms with Gasteiger partial charge in [0.25, 0.3) is 0 Å². The Morgan fingerprint density at radius 1 is 1.27 bits per heavy atom. The molecule has 0 saturated heterocycles. The van der Waals surface area contributed by atoms with Crippen LogP contribution in [-0.2, 0) is 38.6 Å². The first-order valence-electron chi connectivity index (χ1n) is 7.29. The van der Waals surface area contributed by atoms with E-state index in [0.717, 1.165) is 28.9 Å². The molecule has 1 aliphatic rings. The summed E-state index contributed by atoms with van der Waals surface area (Å²) in [5.41, 5.74) is 3.48. The van der Waals surface area contributed by atoms with Crippen LogP contribution in [-0.4, -0.2) is 44.6 Å². The van der Waals surface area contributed by atoms with Crippen molar-refractivity contribution in [2.24, 2.45) is 4.99 Å². The third kappa shape index (κ3) is 3.90. The van der Waals surface area contributed by atoms with Crippen LogP contribution in [0.15, 0.2) is 11.1 Å². The molecule has 0 spiro atoms. The van der Waals surface area contributed by atoms with Crippen LogP contribution in [0, 0.1) is 0 Å². The predicted octanol–water partition coefficient (Wildman–Crippen LogP) is 1.67. The molecular weight excluding hydrogens is 284 g/mol. The van der Waals surface area contributed by atoms with Crippen molar-refractivity contribution in [1.82, 2.24) is 4.98 Å². The van der Waals surface area contributed by atoms with Gasteiger partial charge < -0.3 is 14.2 Å². The summed E-state index contributed by atoms with van der Waals surface area (Å²) < 4.78 is 15.5. The smallest absolute Gasteiger partial charge is 0.218 e. The first kappa shape index (κ1) is 16.6. The first-order chi connectivity index (χ1) is 10.7. The molecule has 0 fully saturated rings. The lowest BCUT2D eigenvalue weighted by Gasteiger charge is -2.11. The van der Waals surface area contributed by atoms with Crippen LogP contribution in [0.2, 0.25) is 0 Å². The maximum absolute atomic E-state index is 12.0. The zero-order chi connectivity index (χ0) is 15.9. The summed E-state index contributed by atoms with van der Waals surface area (Å²) in [6.07, 6.45) is 1.57. The molecule has 2 rings (SSSR count). The molecule has 22 heavy (non-hydrogen) atoms. The Kier molecular flexibility index (Phi) is 6.03. The van der Waals surface area contributed by atoms with E-state index < -0.39 is 0 Å². The maximum Gasteiger partial charge on any atom is 0.218 e. The minimum absolute atomic E-state index is 0.166. The van der Waals surface area contributed by atoms with Gasteiger partial charge in [-0.2, -0.15) is 0 Å². The number of aromatic nitrogens is 1. The Labute approximate surface area is 130 Å². The lowest BCUT2D eigenvalue weighted by atomic mass is 10.0. The lowest BCUT2D eigenvalue weighted by Crippen LogP contribution is -2.12. The molecule has 0 atom stereocenters. The predicted molar refractivity (Wildman–Crippen MR) is 82.0 cm³/mol. The number of pyridine rings is 1. The zero-order valence-electron chi connectivity index (χ0n) is 13.3. The highest BCUT2D eigenvalue weighted by Crippen LogP contribution is 2.24. The van der Waals surface area contributed by atoms with Crippen LogP contribution in [0.25, 0.3) is 0 Å². The van der Waals surface area contributed by atoms with Gasteiger partial charge in [0.1, 0.15) is 5.78 Å². The van der Waals surface area contributed by atoms with Gasteiger partial charge in [0.15, 0.2) is 0 Å². The average Bonchev–Trinajstić information content (AvgIpc) is 2.91. The number of hydrogen-bond donors (Lipinski definition) is 0. The van der Waals surface area contributed by atoms with Crippen molar-refractivity contribution < 1.29 is 19.0 Å². The third-order valence-corrected chi connectivity index (χ3v) is 3.49. The molecule has 0 aromatic carbocycles. The van der Waals surface area contributed by atoms with Crippen LogP contribution < -0.4 is 0 Å². The molecule has 0 unspecified atom stereocenters. The first-order valence-corrected chi connectivity index (χ1v) is 7.29. The second kappa shape index (κ2) is 8.00. The van der Waals surface area contributed by atoms with Crippen LogP contribution >= 0.6 is 0 Å². The highest BCUT2D eigenvalue weighted by molar-refractivity contribution is 5.98. The summed E-state index contributed by atoms with van der Waals surface area (Å²) in [6.45, 7) is 1.53. The van der Waals surface area contributed by atoms with E-state index in [0.29, 0.717) is 38.5 Å². The van der Waals surface area contributed by atoms with Gasteiger partial charge in [-0.15, -0.1) is 0 Å². The number of ether oxygens (including phenoxy) is 3. The van der Waals surface area contributed by atoms with Gasteiger partial charge >= 0.3 is 0 Å². The quantitative estimate of drug-likeness (QED) is 0.683. The molecule has 0 saturated carbocycles. The van der Waals surface area contributed by atoms with E-state index in [1.54, 1.807) is 21.3 Å². The summed E-state index contributed by atoms with van der Waals surface area (Å²) in [6, 6.07) is 1.94. The molecule has 120 valence electrons. The molecule has 0 amide bonds. The lowest BCUT2D eigenvalue weighted by molar-refractivity contribution is -0.118. The number of rotatable bonds is 8. The van der Waals surface area contributed by atoms with Gasteiger partial charge in [0, 0.05) is 39.4 Å². The average molecular weight is 306 g/mol. The number of nitrogens with zero attached hydrogens (tertiary/aromatic N) is 2. The second-order valence-electron chi connectivity index (χ2n) is 5.16. The fourth-order valence-electron chi connectivity index (χ4n) is 2.54. The number of hydrogen-bond acceptors (Lipinski definition) is 6. The van der Waals surface area contributed by atoms with Crippen molar-refractivity contribution in [2.45, 2.75) is 32.4 Å². The molecule has 0 radical (unpaired) electrons. The van der Waals surface area contributed by atoms with Gasteiger partial charge in [0.2, 0.25) is 5.90 Å². The molecule has 2 heterocycles. The third-order valence-electron chi connectivity index (χ3n) is 3.49. The highest BCUT2D eigenvalue weighted by Gasteiger charge is 2.23. The Balaban J connectivity index is 2.14. The summed E-state index contributed by atoms with van der Waals surface area (Å²) in [5, 5.41) is 0. The normalized spacial score (nSPS) is 13.0. The number of Topliss-reactive ketones (excluding diaryl/α,β-unsaturated/α-hetero) is 1. The van der Waals surface area contributed by atoms with Gasteiger partial charge in [-0.05, 0) is 18.1 Å². The largest absolute Gasteiger partial charge is 0.481 e. The van der Waals surface area contributed by atoms with E-state index in [4.69, 9.17) is 14.2 Å². The Morgan fingerprint density at radius 2 is 2.09 bits per heavy atom. The Morgan fingerprint density at radius 3 is 2.77 bits per heavy atom. The van der Waals surface area contributed by atoms with Gasteiger partial charge in [0.05, 0.1) is 31.5 Å². The van der Waals surface area contributed by atoms with E-state index in [1.165, 1.54) is 0 Å². The molecule has 6 heteroatoms. The van der Waals surface area contributed by atoms with Crippen LogP contribution in [0.3, 0.4) is 0 Å². The Bertz CT molecular complexity index is 570. The van der Waals surface area contributed by atoms with E-state index in [9.17, 15) is 4.79 Å². The summed E-state index contributed by atoms with van der Waals surface area (Å²) in [4.78, 5) is 20.9. The minimum atomic E-state index is 0.166. The number of carbonyl (C=O) groups excluding carboxylic acids is 1. The van der Waals surface area contributed by atoms with E-state index >= 15 is 0 Å². The van der Waals surface area contributed by atoms with Crippen molar-refractivity contribution in [3.05, 3.63) is 28.6 Å². The number of ketones is 1. The number of fused-ring (bicyclic) bond motifs is 1. The molecule has 1 aromatic heterocycles. The number of aliphatic imine (C=N–C) groups is 1.